The van der Waals surface area contributed by atoms with Crippen LogP contribution in [0, 0.1) is 15.9 Å². The molecule has 0 heterocycles. The molecule has 0 amide bonds. The molecule has 0 aromatic heterocycles. The number of methoxy groups -OCH3 is 1. The van der Waals surface area contributed by atoms with Gasteiger partial charge in [-0.25, -0.2) is 0 Å². The number of esters is 1. The highest BCUT2D eigenvalue weighted by Crippen LogP contribution is 2.32. The van der Waals surface area contributed by atoms with E-state index in [1.54, 1.807) is 0 Å². The zero-order chi connectivity index (χ0) is 15.7. The van der Waals surface area contributed by atoms with E-state index in [4.69, 9.17) is 11.2 Å². The van der Waals surface area contributed by atoms with Gasteiger partial charge in [0.15, 0.2) is 0 Å². The predicted molar refractivity (Wildman–Crippen MR) is 95.1 cm³/mol. The molecular weight excluding hydrogens is 375 g/mol. The van der Waals surface area contributed by atoms with E-state index in [1.807, 2.05) is 25.1 Å². The molecule has 0 aliphatic carbocycles. The van der Waals surface area contributed by atoms with E-state index < -0.39 is 5.41 Å². The molecule has 0 aliphatic heterocycles. The van der Waals surface area contributed by atoms with Gasteiger partial charge in [-0.15, -0.1) is 12.3 Å². The summed E-state index contributed by atoms with van der Waals surface area (Å²) in [7, 11) is 1.46. The Balaban J connectivity index is 2.72. The molecule has 0 N–H and O–H groups in total. The van der Waals surface area contributed by atoms with Crippen LogP contribution in [0.5, 0.6) is 0 Å². The van der Waals surface area contributed by atoms with Crippen LogP contribution in [-0.2, 0) is 14.9 Å². The summed E-state index contributed by atoms with van der Waals surface area (Å²) in [5, 5.41) is 0. The van der Waals surface area contributed by atoms with Crippen LogP contribution in [0.4, 0.5) is 0 Å². The highest BCUT2D eigenvalue weighted by Gasteiger charge is 2.35. The Morgan fingerprint density at radius 3 is 2.67 bits per heavy atom. The normalized spacial score (nSPS) is 13.2. The second-order valence-corrected chi connectivity index (χ2v) is 6.70. The minimum Gasteiger partial charge on any atom is -0.468 e. The highest BCUT2D eigenvalue weighted by molar-refractivity contribution is 14.1. The van der Waals surface area contributed by atoms with Gasteiger partial charge in [-0.2, -0.15) is 0 Å². The molecule has 0 fully saturated rings. The summed E-state index contributed by atoms with van der Waals surface area (Å²) in [6, 6.07) is 8.10. The number of ether oxygens (including phenoxy) is 1. The van der Waals surface area contributed by atoms with Crippen molar-refractivity contribution in [2.24, 2.45) is 0 Å². The number of carbonyl (C=O) groups is 1. The second-order valence-electron chi connectivity index (χ2n) is 5.45. The van der Waals surface area contributed by atoms with E-state index in [-0.39, 0.29) is 5.97 Å². The zero-order valence-corrected chi connectivity index (χ0v) is 15.0. The van der Waals surface area contributed by atoms with Crippen LogP contribution in [0.25, 0.3) is 0 Å². The Bertz CT molecular complexity index is 504. The van der Waals surface area contributed by atoms with Gasteiger partial charge in [-0.1, -0.05) is 31.4 Å². The minimum atomic E-state index is -0.567. The molecule has 1 unspecified atom stereocenters. The van der Waals surface area contributed by atoms with Crippen LogP contribution >= 0.6 is 22.6 Å². The summed E-state index contributed by atoms with van der Waals surface area (Å²) in [5.74, 6) is 2.50. The average Bonchev–Trinajstić information content (AvgIpc) is 2.49. The highest BCUT2D eigenvalue weighted by atomic mass is 127. The van der Waals surface area contributed by atoms with Crippen molar-refractivity contribution >= 4 is 28.6 Å². The maximum absolute atomic E-state index is 12.3. The number of terminal acetylenes is 1. The van der Waals surface area contributed by atoms with Gasteiger partial charge < -0.3 is 4.74 Å². The number of rotatable bonds is 8. The summed E-state index contributed by atoms with van der Waals surface area (Å²) in [4.78, 5) is 12.3. The van der Waals surface area contributed by atoms with Gasteiger partial charge in [-0.3, -0.25) is 4.79 Å². The molecule has 1 aromatic rings. The molecule has 0 saturated heterocycles. The molecule has 21 heavy (non-hydrogen) atoms. The fourth-order valence-corrected chi connectivity index (χ4v) is 3.02. The van der Waals surface area contributed by atoms with Gasteiger partial charge in [0.1, 0.15) is 0 Å². The first-order valence-corrected chi connectivity index (χ1v) is 8.40. The van der Waals surface area contributed by atoms with Crippen molar-refractivity contribution in [3.63, 3.8) is 0 Å². The van der Waals surface area contributed by atoms with Gasteiger partial charge in [-0.05, 0) is 60.1 Å². The SMILES string of the molecule is C#CCCCCCCC(C)(C(=O)OC)c1cccc(I)c1. The third kappa shape index (κ3) is 5.35. The number of unbranched alkanes of at least 4 members (excludes halogenated alkanes) is 4. The van der Waals surface area contributed by atoms with Crippen molar-refractivity contribution in [1.29, 1.82) is 0 Å². The van der Waals surface area contributed by atoms with Crippen LogP contribution in [0.3, 0.4) is 0 Å². The van der Waals surface area contributed by atoms with E-state index >= 15 is 0 Å². The Labute approximate surface area is 141 Å². The number of hydrogen-bond acceptors (Lipinski definition) is 2. The summed E-state index contributed by atoms with van der Waals surface area (Å²) in [5.41, 5.74) is 0.465. The molecule has 0 bridgehead atoms. The standard InChI is InChI=1S/C18H23IO2/c1-4-5-6-7-8-9-13-18(2,17(20)21-3)15-11-10-12-16(19)14-15/h1,10-12,14H,5-9,13H2,2-3H3. The van der Waals surface area contributed by atoms with Gasteiger partial charge in [0.2, 0.25) is 0 Å². The lowest BCUT2D eigenvalue weighted by Gasteiger charge is -2.27. The predicted octanol–water partition coefficient (Wildman–Crippen LogP) is 4.70. The molecule has 114 valence electrons. The maximum atomic E-state index is 12.3. The molecule has 1 atom stereocenters. The molecule has 0 radical (unpaired) electrons. The summed E-state index contributed by atoms with van der Waals surface area (Å²) in [6.45, 7) is 1.98. The molecule has 0 saturated carbocycles. The second kappa shape index (κ2) is 9.09. The van der Waals surface area contributed by atoms with Crippen LogP contribution in [0.15, 0.2) is 24.3 Å². The molecule has 1 aromatic carbocycles. The third-order valence-electron chi connectivity index (χ3n) is 3.85. The summed E-state index contributed by atoms with van der Waals surface area (Å²) in [6.07, 6.45) is 11.2. The van der Waals surface area contributed by atoms with Crippen molar-refractivity contribution < 1.29 is 9.53 Å². The zero-order valence-electron chi connectivity index (χ0n) is 12.8. The first-order valence-electron chi connectivity index (χ1n) is 7.32. The van der Waals surface area contributed by atoms with Gasteiger partial charge in [0, 0.05) is 9.99 Å². The van der Waals surface area contributed by atoms with Gasteiger partial charge >= 0.3 is 5.97 Å². The number of hydrogen-bond donors (Lipinski definition) is 0. The Hall–Kier alpha value is -1.02. The van der Waals surface area contributed by atoms with E-state index in [2.05, 4.69) is 34.6 Å². The summed E-state index contributed by atoms with van der Waals surface area (Å²) >= 11 is 2.27. The fraction of sp³-hybridized carbons (Fsp3) is 0.500. The van der Waals surface area contributed by atoms with Crippen molar-refractivity contribution in [2.75, 3.05) is 7.11 Å². The fourth-order valence-electron chi connectivity index (χ4n) is 2.48. The van der Waals surface area contributed by atoms with E-state index in [0.717, 1.165) is 47.7 Å². The van der Waals surface area contributed by atoms with E-state index in [1.165, 1.54) is 7.11 Å². The van der Waals surface area contributed by atoms with Crippen LogP contribution in [-0.4, -0.2) is 13.1 Å². The third-order valence-corrected chi connectivity index (χ3v) is 4.52. The lowest BCUT2D eigenvalue weighted by molar-refractivity contribution is -0.147. The van der Waals surface area contributed by atoms with Gasteiger partial charge in [0.25, 0.3) is 0 Å². The Kier molecular flexibility index (Phi) is 7.81. The first kappa shape index (κ1) is 18.0. The average molecular weight is 398 g/mol. The Morgan fingerprint density at radius 2 is 2.05 bits per heavy atom. The Morgan fingerprint density at radius 1 is 1.33 bits per heavy atom. The number of benzene rings is 1. The first-order chi connectivity index (χ1) is 10.0. The largest absolute Gasteiger partial charge is 0.468 e. The van der Waals surface area contributed by atoms with E-state index in [0.29, 0.717) is 0 Å². The quantitative estimate of drug-likeness (QED) is 0.275. The van der Waals surface area contributed by atoms with E-state index in [9.17, 15) is 4.79 Å². The molecule has 0 spiro atoms. The molecular formula is C18H23IO2. The molecule has 3 heteroatoms. The monoisotopic (exact) mass is 398 g/mol. The molecule has 0 aliphatic rings. The lowest BCUT2D eigenvalue weighted by Crippen LogP contribution is -2.33. The molecule has 1 rings (SSSR count). The number of halogens is 1. The minimum absolute atomic E-state index is 0.159. The topological polar surface area (TPSA) is 26.3 Å². The lowest BCUT2D eigenvalue weighted by atomic mass is 9.78. The van der Waals surface area contributed by atoms with Crippen LogP contribution < -0.4 is 0 Å². The van der Waals surface area contributed by atoms with Crippen LogP contribution in [0.1, 0.15) is 51.0 Å². The molecule has 2 nitrogen and oxygen atoms in total. The maximum Gasteiger partial charge on any atom is 0.315 e. The van der Waals surface area contributed by atoms with Crippen molar-refractivity contribution in [3.05, 3.63) is 33.4 Å². The number of carbonyl (C=O) groups excluding carboxylic acids is 1. The summed E-state index contributed by atoms with van der Waals surface area (Å²) < 4.78 is 6.17. The van der Waals surface area contributed by atoms with Gasteiger partial charge in [0.05, 0.1) is 12.5 Å². The smallest absolute Gasteiger partial charge is 0.315 e. The van der Waals surface area contributed by atoms with Crippen molar-refractivity contribution in [3.8, 4) is 12.3 Å². The van der Waals surface area contributed by atoms with Crippen LogP contribution in [0.2, 0.25) is 0 Å². The van der Waals surface area contributed by atoms with Crippen molar-refractivity contribution in [2.45, 2.75) is 50.9 Å². The van der Waals surface area contributed by atoms with Crippen molar-refractivity contribution in [1.82, 2.24) is 0 Å².